The summed E-state index contributed by atoms with van der Waals surface area (Å²) in [6, 6.07) is 11.1. The van der Waals surface area contributed by atoms with Crippen molar-refractivity contribution < 1.29 is 19.5 Å². The first-order chi connectivity index (χ1) is 14.7. The minimum Gasteiger partial charge on any atom is -0.400 e. The fourth-order valence-corrected chi connectivity index (χ4v) is 1.96. The Morgan fingerprint density at radius 2 is 1.48 bits per heavy atom. The van der Waals surface area contributed by atoms with E-state index in [1.54, 1.807) is 32.2 Å². The van der Waals surface area contributed by atoms with Gasteiger partial charge in [-0.15, -0.1) is 0 Å². The van der Waals surface area contributed by atoms with Crippen molar-refractivity contribution in [3.8, 4) is 11.8 Å². The van der Waals surface area contributed by atoms with Crippen LogP contribution in [-0.4, -0.2) is 41.7 Å². The highest BCUT2D eigenvalue weighted by Gasteiger charge is 2.14. The molecule has 0 radical (unpaired) electrons. The van der Waals surface area contributed by atoms with Crippen LogP contribution in [0.15, 0.2) is 42.6 Å². The van der Waals surface area contributed by atoms with Gasteiger partial charge in [-0.3, -0.25) is 19.4 Å². The largest absolute Gasteiger partial charge is 0.400 e. The molecule has 2 rings (SSSR count). The van der Waals surface area contributed by atoms with E-state index in [1.165, 1.54) is 14.0 Å². The first-order valence-corrected chi connectivity index (χ1v) is 9.97. The molecule has 2 N–H and O–H groups in total. The van der Waals surface area contributed by atoms with Gasteiger partial charge in [0.25, 0.3) is 0 Å². The second-order valence-corrected chi connectivity index (χ2v) is 6.02. The summed E-state index contributed by atoms with van der Waals surface area (Å²) in [7, 11) is 2.52. The van der Waals surface area contributed by atoms with Gasteiger partial charge in [-0.25, -0.2) is 0 Å². The van der Waals surface area contributed by atoms with Gasteiger partial charge in [0.2, 0.25) is 5.91 Å². The molecule has 0 aliphatic rings. The molecule has 0 fully saturated rings. The third-order valence-electron chi connectivity index (χ3n) is 3.79. The van der Waals surface area contributed by atoms with E-state index in [4.69, 9.17) is 5.11 Å². The monoisotopic (exact) mass is 426 g/mol. The number of nitrogens with one attached hydrogen (secondary N) is 1. The van der Waals surface area contributed by atoms with E-state index in [1.807, 2.05) is 45.0 Å². The van der Waals surface area contributed by atoms with Crippen LogP contribution in [0.1, 0.15) is 61.8 Å². The number of nitrogens with zero attached hydrogens (tertiary/aromatic N) is 1. The predicted molar refractivity (Wildman–Crippen MR) is 125 cm³/mol. The van der Waals surface area contributed by atoms with Gasteiger partial charge < -0.3 is 10.4 Å². The molecular formula is C25H34N2O4. The minimum absolute atomic E-state index is 0.0688. The first-order valence-electron chi connectivity index (χ1n) is 9.97. The zero-order valence-corrected chi connectivity index (χ0v) is 19.7. The van der Waals surface area contributed by atoms with Gasteiger partial charge in [0, 0.05) is 42.7 Å². The van der Waals surface area contributed by atoms with Crippen molar-refractivity contribution in [1.29, 1.82) is 0 Å². The Hall–Kier alpha value is -3.30. The molecule has 6 heteroatoms. The lowest BCUT2D eigenvalue weighted by Gasteiger charge is -2.03. The number of hydrogen-bond acceptors (Lipinski definition) is 5. The average Bonchev–Trinajstić information content (AvgIpc) is 2.80. The molecule has 168 valence electrons. The second-order valence-electron chi connectivity index (χ2n) is 6.02. The fraction of sp³-hybridized carbons (Fsp3) is 0.360. The van der Waals surface area contributed by atoms with Gasteiger partial charge in [-0.2, -0.15) is 0 Å². The van der Waals surface area contributed by atoms with Crippen molar-refractivity contribution >= 4 is 17.5 Å². The summed E-state index contributed by atoms with van der Waals surface area (Å²) in [6.07, 6.45) is 1.75. The predicted octanol–water partition coefficient (Wildman–Crippen LogP) is 3.58. The number of hydrogen-bond donors (Lipinski definition) is 2. The van der Waals surface area contributed by atoms with Crippen molar-refractivity contribution in [3.05, 3.63) is 65.0 Å². The van der Waals surface area contributed by atoms with Crippen molar-refractivity contribution in [2.75, 3.05) is 14.2 Å². The lowest BCUT2D eigenvalue weighted by molar-refractivity contribution is -0.131. The number of carbonyl (C=O) groups excluding carboxylic acids is 3. The molecule has 1 atom stereocenters. The number of aromatic nitrogens is 1. The van der Waals surface area contributed by atoms with Crippen LogP contribution < -0.4 is 5.32 Å². The van der Waals surface area contributed by atoms with E-state index >= 15 is 0 Å². The van der Waals surface area contributed by atoms with Crippen LogP contribution in [0.4, 0.5) is 0 Å². The zero-order valence-electron chi connectivity index (χ0n) is 19.7. The highest BCUT2D eigenvalue weighted by atomic mass is 16.2. The highest BCUT2D eigenvalue weighted by molar-refractivity contribution is 5.99. The molecule has 0 aliphatic carbocycles. The van der Waals surface area contributed by atoms with E-state index in [0.717, 1.165) is 23.9 Å². The molecule has 0 saturated carbocycles. The number of Topliss-reactive ketones (excluding diaryl/α,β-unsaturated/α-hetero) is 2. The van der Waals surface area contributed by atoms with E-state index < -0.39 is 5.92 Å². The molecule has 1 heterocycles. The Balaban J connectivity index is 0. The summed E-state index contributed by atoms with van der Waals surface area (Å²) >= 11 is 0. The molecule has 0 saturated heterocycles. The smallest absolute Gasteiger partial charge is 0.230 e. The lowest BCUT2D eigenvalue weighted by atomic mass is 10.1. The van der Waals surface area contributed by atoms with Gasteiger partial charge >= 0.3 is 0 Å². The quantitative estimate of drug-likeness (QED) is 0.444. The van der Waals surface area contributed by atoms with Crippen molar-refractivity contribution in [2.45, 2.75) is 41.5 Å². The van der Waals surface area contributed by atoms with Crippen LogP contribution in [0.2, 0.25) is 0 Å². The van der Waals surface area contributed by atoms with Crippen LogP contribution in [0.5, 0.6) is 0 Å². The van der Waals surface area contributed by atoms with Gasteiger partial charge in [0.05, 0.1) is 5.92 Å². The molecule has 1 unspecified atom stereocenters. The van der Waals surface area contributed by atoms with Crippen LogP contribution in [0, 0.1) is 24.7 Å². The van der Waals surface area contributed by atoms with Crippen LogP contribution in [0.3, 0.4) is 0 Å². The number of carbonyl (C=O) groups is 3. The SMILES string of the molecule is CC.CC(=O)c1ccc(C#Cc2ccnc(C)c2)cc1.CNC(=O)C(C)C(C)=O.CO. The maximum absolute atomic E-state index is 11.1. The van der Waals surface area contributed by atoms with Gasteiger partial charge in [-0.1, -0.05) is 37.8 Å². The molecular weight excluding hydrogens is 392 g/mol. The fourth-order valence-electron chi connectivity index (χ4n) is 1.96. The Kier molecular flexibility index (Phi) is 16.9. The van der Waals surface area contributed by atoms with E-state index in [-0.39, 0.29) is 17.5 Å². The van der Waals surface area contributed by atoms with Crippen molar-refractivity contribution in [1.82, 2.24) is 10.3 Å². The summed E-state index contributed by atoms with van der Waals surface area (Å²) in [4.78, 5) is 36.4. The summed E-state index contributed by atoms with van der Waals surface area (Å²) in [6.45, 7) is 10.5. The Morgan fingerprint density at radius 3 is 1.87 bits per heavy atom. The molecule has 1 amide bonds. The summed E-state index contributed by atoms with van der Waals surface area (Å²) in [5, 5.41) is 9.39. The Labute approximate surface area is 186 Å². The average molecular weight is 427 g/mol. The number of aliphatic hydroxyl groups excluding tert-OH is 1. The molecule has 2 aromatic rings. The molecule has 0 bridgehead atoms. The van der Waals surface area contributed by atoms with Gasteiger partial charge in [0.1, 0.15) is 5.78 Å². The van der Waals surface area contributed by atoms with Crippen LogP contribution >= 0.6 is 0 Å². The zero-order chi connectivity index (χ0) is 24.4. The molecule has 31 heavy (non-hydrogen) atoms. The lowest BCUT2D eigenvalue weighted by Crippen LogP contribution is -2.29. The maximum atomic E-state index is 11.1. The molecule has 1 aromatic heterocycles. The van der Waals surface area contributed by atoms with Crippen LogP contribution in [0.25, 0.3) is 0 Å². The number of amides is 1. The topological polar surface area (TPSA) is 96.4 Å². The standard InChI is InChI=1S/C16H13NO.C6H11NO2.C2H6.CH4O/c1-12-11-15(9-10-17-12)4-3-14-5-7-16(8-6-14)13(2)18;1-4(5(2)8)6(9)7-3;2*1-2/h5-11H,1-2H3;4H,1-3H3,(H,7,9);1-2H3;2H,1H3. The van der Waals surface area contributed by atoms with Crippen LogP contribution in [-0.2, 0) is 9.59 Å². The van der Waals surface area contributed by atoms with E-state index in [9.17, 15) is 14.4 Å². The Bertz CT molecular complexity index is 878. The number of benzene rings is 1. The summed E-state index contributed by atoms with van der Waals surface area (Å²) < 4.78 is 0. The second kappa shape index (κ2) is 17.5. The van der Waals surface area contributed by atoms with Crippen molar-refractivity contribution in [2.24, 2.45) is 5.92 Å². The van der Waals surface area contributed by atoms with E-state index in [0.29, 0.717) is 5.56 Å². The number of aliphatic hydroxyl groups is 1. The maximum Gasteiger partial charge on any atom is 0.230 e. The number of rotatable bonds is 3. The highest BCUT2D eigenvalue weighted by Crippen LogP contribution is 2.05. The molecule has 0 spiro atoms. The minimum atomic E-state index is -0.505. The van der Waals surface area contributed by atoms with Gasteiger partial charge in [-0.05, 0) is 52.0 Å². The molecule has 1 aromatic carbocycles. The number of ketones is 2. The first kappa shape index (κ1) is 29.9. The van der Waals surface area contributed by atoms with E-state index in [2.05, 4.69) is 22.1 Å². The van der Waals surface area contributed by atoms with Crippen molar-refractivity contribution in [3.63, 3.8) is 0 Å². The molecule has 0 aliphatic heterocycles. The third kappa shape index (κ3) is 12.8. The Morgan fingerprint density at radius 1 is 0.968 bits per heavy atom. The number of aryl methyl sites for hydroxylation is 1. The summed E-state index contributed by atoms with van der Waals surface area (Å²) in [5.74, 6) is 5.38. The van der Waals surface area contributed by atoms with Gasteiger partial charge in [0.15, 0.2) is 5.78 Å². The molecule has 6 nitrogen and oxygen atoms in total. The third-order valence-corrected chi connectivity index (χ3v) is 3.79. The number of pyridine rings is 1. The summed E-state index contributed by atoms with van der Waals surface area (Å²) in [5.41, 5.74) is 3.50. The normalized spacial score (nSPS) is 9.45.